The Morgan fingerprint density at radius 2 is 1.68 bits per heavy atom. The molecule has 0 spiro atoms. The summed E-state index contributed by atoms with van der Waals surface area (Å²) in [6.07, 6.45) is 0. The van der Waals surface area contributed by atoms with Crippen molar-refractivity contribution >= 4 is 11.6 Å². The Morgan fingerprint density at radius 1 is 1.05 bits per heavy atom. The summed E-state index contributed by atoms with van der Waals surface area (Å²) in [6, 6.07) is 6.91. The number of carbonyl (C=O) groups is 1. The van der Waals surface area contributed by atoms with Crippen LogP contribution in [0.1, 0.15) is 15.9 Å². The van der Waals surface area contributed by atoms with Gasteiger partial charge in [-0.1, -0.05) is 12.1 Å². The lowest BCUT2D eigenvalue weighted by atomic mass is 10.1. The van der Waals surface area contributed by atoms with Crippen molar-refractivity contribution in [2.75, 3.05) is 5.32 Å². The molecule has 2 nitrogen and oxygen atoms in total. The van der Waals surface area contributed by atoms with E-state index in [9.17, 15) is 18.0 Å². The summed E-state index contributed by atoms with van der Waals surface area (Å²) < 4.78 is 39.9. The molecular formula is C14H10F3NO. The molecule has 0 bridgehead atoms. The van der Waals surface area contributed by atoms with Crippen molar-refractivity contribution in [3.8, 4) is 0 Å². The molecule has 0 saturated carbocycles. The van der Waals surface area contributed by atoms with Crippen LogP contribution in [0, 0.1) is 24.4 Å². The van der Waals surface area contributed by atoms with Crippen LogP contribution in [0.25, 0.3) is 0 Å². The van der Waals surface area contributed by atoms with E-state index in [2.05, 4.69) is 5.32 Å². The van der Waals surface area contributed by atoms with Gasteiger partial charge in [0.05, 0.1) is 0 Å². The molecule has 19 heavy (non-hydrogen) atoms. The zero-order chi connectivity index (χ0) is 14.0. The molecule has 1 amide bonds. The summed E-state index contributed by atoms with van der Waals surface area (Å²) in [7, 11) is 0. The Balaban J connectivity index is 2.34. The fourth-order valence-electron chi connectivity index (χ4n) is 1.63. The van der Waals surface area contributed by atoms with Gasteiger partial charge in [-0.25, -0.2) is 13.2 Å². The van der Waals surface area contributed by atoms with Crippen molar-refractivity contribution in [2.45, 2.75) is 6.92 Å². The van der Waals surface area contributed by atoms with Crippen LogP contribution in [0.3, 0.4) is 0 Å². The zero-order valence-corrected chi connectivity index (χ0v) is 10.0. The van der Waals surface area contributed by atoms with Crippen LogP contribution < -0.4 is 5.32 Å². The van der Waals surface area contributed by atoms with Crippen molar-refractivity contribution in [2.24, 2.45) is 0 Å². The lowest BCUT2D eigenvalue weighted by molar-refractivity contribution is 0.101. The van der Waals surface area contributed by atoms with Gasteiger partial charge in [-0.05, 0) is 36.8 Å². The van der Waals surface area contributed by atoms with Crippen molar-refractivity contribution in [3.05, 3.63) is 65.0 Å². The maximum absolute atomic E-state index is 13.4. The molecule has 0 aliphatic heterocycles. The van der Waals surface area contributed by atoms with Gasteiger partial charge in [0.2, 0.25) is 0 Å². The molecule has 5 heteroatoms. The van der Waals surface area contributed by atoms with E-state index >= 15 is 0 Å². The Hall–Kier alpha value is -2.30. The topological polar surface area (TPSA) is 29.1 Å². The summed E-state index contributed by atoms with van der Waals surface area (Å²) in [6.45, 7) is 1.65. The SMILES string of the molecule is Cc1ccc(F)cc1NC(=O)c1c(F)cccc1F. The van der Waals surface area contributed by atoms with Crippen molar-refractivity contribution < 1.29 is 18.0 Å². The predicted molar refractivity (Wildman–Crippen MR) is 65.4 cm³/mol. The number of carbonyl (C=O) groups excluding carboxylic acids is 1. The minimum absolute atomic E-state index is 0.174. The number of amides is 1. The average molecular weight is 265 g/mol. The van der Waals surface area contributed by atoms with Gasteiger partial charge < -0.3 is 5.32 Å². The van der Waals surface area contributed by atoms with E-state index in [0.717, 1.165) is 24.3 Å². The third-order valence-corrected chi connectivity index (χ3v) is 2.64. The highest BCUT2D eigenvalue weighted by Gasteiger charge is 2.17. The lowest BCUT2D eigenvalue weighted by Gasteiger charge is -2.09. The molecule has 0 aliphatic rings. The second-order valence-electron chi connectivity index (χ2n) is 4.01. The smallest absolute Gasteiger partial charge is 0.261 e. The summed E-state index contributed by atoms with van der Waals surface area (Å²) in [5, 5.41) is 2.29. The number of nitrogens with one attached hydrogen (secondary N) is 1. The van der Waals surface area contributed by atoms with Gasteiger partial charge in [0.1, 0.15) is 23.0 Å². The van der Waals surface area contributed by atoms with Crippen LogP contribution >= 0.6 is 0 Å². The van der Waals surface area contributed by atoms with E-state index in [1.807, 2.05) is 0 Å². The average Bonchev–Trinajstić information content (AvgIpc) is 2.33. The molecule has 2 rings (SSSR count). The summed E-state index contributed by atoms with van der Waals surface area (Å²) >= 11 is 0. The third kappa shape index (κ3) is 2.76. The molecule has 2 aromatic carbocycles. The van der Waals surface area contributed by atoms with E-state index in [1.165, 1.54) is 12.1 Å². The molecule has 0 heterocycles. The largest absolute Gasteiger partial charge is 0.321 e. The zero-order valence-electron chi connectivity index (χ0n) is 10.0. The first-order chi connectivity index (χ1) is 8.99. The van der Waals surface area contributed by atoms with Gasteiger partial charge in [-0.2, -0.15) is 0 Å². The van der Waals surface area contributed by atoms with E-state index in [0.29, 0.717) is 5.56 Å². The Bertz CT molecular complexity index is 620. The summed E-state index contributed by atoms with van der Waals surface area (Å²) in [4.78, 5) is 11.8. The summed E-state index contributed by atoms with van der Waals surface area (Å²) in [5.74, 6) is -3.43. The quantitative estimate of drug-likeness (QED) is 0.882. The Labute approximate surface area is 107 Å². The first-order valence-corrected chi connectivity index (χ1v) is 5.50. The molecule has 2 aromatic rings. The maximum atomic E-state index is 13.4. The second-order valence-corrected chi connectivity index (χ2v) is 4.01. The third-order valence-electron chi connectivity index (χ3n) is 2.64. The Morgan fingerprint density at radius 3 is 2.32 bits per heavy atom. The van der Waals surface area contributed by atoms with Crippen LogP contribution in [-0.2, 0) is 0 Å². The number of hydrogen-bond acceptors (Lipinski definition) is 1. The highest BCUT2D eigenvalue weighted by molar-refractivity contribution is 6.05. The predicted octanol–water partition coefficient (Wildman–Crippen LogP) is 3.66. The highest BCUT2D eigenvalue weighted by atomic mass is 19.1. The fraction of sp³-hybridized carbons (Fsp3) is 0.0714. The number of rotatable bonds is 2. The molecule has 0 radical (unpaired) electrons. The number of anilines is 1. The summed E-state index contributed by atoms with van der Waals surface area (Å²) in [5.41, 5.74) is 0.0744. The number of aryl methyl sites for hydroxylation is 1. The first-order valence-electron chi connectivity index (χ1n) is 5.50. The monoisotopic (exact) mass is 265 g/mol. The van der Waals surface area contributed by atoms with E-state index < -0.39 is 28.9 Å². The second kappa shape index (κ2) is 5.14. The van der Waals surface area contributed by atoms with E-state index in [-0.39, 0.29) is 5.69 Å². The lowest BCUT2D eigenvalue weighted by Crippen LogP contribution is -2.16. The van der Waals surface area contributed by atoms with Crippen LogP contribution in [-0.4, -0.2) is 5.91 Å². The Kier molecular flexibility index (Phi) is 3.55. The van der Waals surface area contributed by atoms with Crippen LogP contribution in [0.5, 0.6) is 0 Å². The maximum Gasteiger partial charge on any atom is 0.261 e. The van der Waals surface area contributed by atoms with Gasteiger partial charge in [0.15, 0.2) is 0 Å². The molecular weight excluding hydrogens is 255 g/mol. The molecule has 1 N–H and O–H groups in total. The minimum atomic E-state index is -0.966. The molecule has 0 atom stereocenters. The van der Waals surface area contributed by atoms with Gasteiger partial charge in [-0.15, -0.1) is 0 Å². The van der Waals surface area contributed by atoms with E-state index in [1.54, 1.807) is 6.92 Å². The van der Waals surface area contributed by atoms with Crippen LogP contribution in [0.15, 0.2) is 36.4 Å². The normalized spacial score (nSPS) is 10.3. The fourth-order valence-corrected chi connectivity index (χ4v) is 1.63. The molecule has 98 valence electrons. The first kappa shape index (κ1) is 13.1. The van der Waals surface area contributed by atoms with Gasteiger partial charge in [0.25, 0.3) is 5.91 Å². The van der Waals surface area contributed by atoms with E-state index in [4.69, 9.17) is 0 Å². The van der Waals surface area contributed by atoms with Crippen LogP contribution in [0.2, 0.25) is 0 Å². The molecule has 0 aliphatic carbocycles. The van der Waals surface area contributed by atoms with Gasteiger partial charge >= 0.3 is 0 Å². The van der Waals surface area contributed by atoms with Gasteiger partial charge in [0, 0.05) is 5.69 Å². The standard InChI is InChI=1S/C14H10F3NO/c1-8-5-6-9(15)7-12(8)18-14(19)13-10(16)3-2-4-11(13)17/h2-7H,1H3,(H,18,19). The molecule has 0 aromatic heterocycles. The highest BCUT2D eigenvalue weighted by Crippen LogP contribution is 2.19. The van der Waals surface area contributed by atoms with Gasteiger partial charge in [-0.3, -0.25) is 4.79 Å². The van der Waals surface area contributed by atoms with Crippen LogP contribution in [0.4, 0.5) is 18.9 Å². The van der Waals surface area contributed by atoms with Crippen molar-refractivity contribution in [1.29, 1.82) is 0 Å². The molecule has 0 saturated heterocycles. The number of benzene rings is 2. The van der Waals surface area contributed by atoms with Crippen molar-refractivity contribution in [3.63, 3.8) is 0 Å². The minimum Gasteiger partial charge on any atom is -0.321 e. The molecule has 0 unspecified atom stereocenters. The number of halogens is 3. The molecule has 0 fully saturated rings. The number of hydrogen-bond donors (Lipinski definition) is 1. The van der Waals surface area contributed by atoms with Crippen molar-refractivity contribution in [1.82, 2.24) is 0 Å².